The van der Waals surface area contributed by atoms with Gasteiger partial charge in [-0.25, -0.2) is 4.98 Å². The lowest BCUT2D eigenvalue weighted by molar-refractivity contribution is -0.139. The first kappa shape index (κ1) is 24.1. The first-order valence-corrected chi connectivity index (χ1v) is 12.4. The predicted molar refractivity (Wildman–Crippen MR) is 133 cm³/mol. The Labute approximate surface area is 202 Å². The van der Waals surface area contributed by atoms with Crippen LogP contribution in [0.4, 0.5) is 5.82 Å². The van der Waals surface area contributed by atoms with Crippen LogP contribution in [0.25, 0.3) is 0 Å². The summed E-state index contributed by atoms with van der Waals surface area (Å²) in [6.07, 6.45) is 7.09. The highest BCUT2D eigenvalue weighted by atomic mass is 16.6. The molecule has 4 rings (SSSR count). The predicted octanol–water partition coefficient (Wildman–Crippen LogP) is 3.34. The second kappa shape index (κ2) is 11.4. The molecule has 0 spiro atoms. The average Bonchev–Trinajstić information content (AvgIpc) is 2.86. The summed E-state index contributed by atoms with van der Waals surface area (Å²) in [7, 11) is 0. The van der Waals surface area contributed by atoms with E-state index in [9.17, 15) is 4.79 Å². The molecule has 2 atom stereocenters. The molecular weight excluding hydrogens is 428 g/mol. The number of anilines is 1. The maximum absolute atomic E-state index is 13.3. The van der Waals surface area contributed by atoms with E-state index in [0.29, 0.717) is 24.4 Å². The number of nitrogens with zero attached hydrogens (tertiary/aromatic N) is 5. The zero-order valence-corrected chi connectivity index (χ0v) is 20.3. The highest BCUT2D eigenvalue weighted by molar-refractivity contribution is 6.00. The van der Waals surface area contributed by atoms with E-state index in [1.54, 1.807) is 12.4 Å². The largest absolute Gasteiger partial charge is 0.396 e. The van der Waals surface area contributed by atoms with Gasteiger partial charge in [0, 0.05) is 49.9 Å². The lowest BCUT2D eigenvalue weighted by Gasteiger charge is -2.40. The summed E-state index contributed by atoms with van der Waals surface area (Å²) in [4.78, 5) is 31.8. The number of oxime groups is 1. The molecule has 0 saturated carbocycles. The van der Waals surface area contributed by atoms with Gasteiger partial charge in [-0.1, -0.05) is 11.2 Å². The summed E-state index contributed by atoms with van der Waals surface area (Å²) < 4.78 is 0. The molecule has 2 aromatic heterocycles. The van der Waals surface area contributed by atoms with Crippen molar-refractivity contribution in [1.82, 2.24) is 19.8 Å². The first-order chi connectivity index (χ1) is 16.5. The summed E-state index contributed by atoms with van der Waals surface area (Å²) in [6, 6.07) is 10.1. The molecule has 2 unspecified atom stereocenters. The van der Waals surface area contributed by atoms with E-state index >= 15 is 0 Å². The molecule has 8 nitrogen and oxygen atoms in total. The molecule has 0 bridgehead atoms. The molecule has 2 aromatic rings. The number of amides is 1. The van der Waals surface area contributed by atoms with Gasteiger partial charge in [0.2, 0.25) is 5.91 Å². The number of pyridine rings is 2. The third kappa shape index (κ3) is 5.91. The molecule has 2 aliphatic rings. The number of aromatic nitrogens is 2. The van der Waals surface area contributed by atoms with Crippen molar-refractivity contribution < 1.29 is 9.63 Å². The van der Waals surface area contributed by atoms with Crippen LogP contribution in [0, 0.1) is 11.8 Å². The van der Waals surface area contributed by atoms with Crippen LogP contribution >= 0.6 is 0 Å². The molecule has 4 heterocycles. The fraction of sp³-hybridized carbons (Fsp3) is 0.538. The van der Waals surface area contributed by atoms with Crippen molar-refractivity contribution in [1.29, 1.82) is 0 Å². The number of nitrogens with two attached hydrogens (primary N) is 1. The Morgan fingerprint density at radius 2 is 1.91 bits per heavy atom. The zero-order valence-electron chi connectivity index (χ0n) is 20.3. The lowest BCUT2D eigenvalue weighted by Crippen LogP contribution is -2.48. The van der Waals surface area contributed by atoms with Crippen LogP contribution in [0.1, 0.15) is 50.8 Å². The lowest BCUT2D eigenvalue weighted by atomic mass is 9.87. The fourth-order valence-electron chi connectivity index (χ4n) is 5.12. The van der Waals surface area contributed by atoms with Gasteiger partial charge in [-0.2, -0.15) is 0 Å². The molecule has 2 saturated heterocycles. The first-order valence-electron chi connectivity index (χ1n) is 12.4. The summed E-state index contributed by atoms with van der Waals surface area (Å²) in [5.74, 6) is 1.20. The molecule has 182 valence electrons. The minimum absolute atomic E-state index is 0.0951. The molecule has 8 heteroatoms. The Balaban J connectivity index is 1.31. The van der Waals surface area contributed by atoms with Gasteiger partial charge in [-0.05, 0) is 75.9 Å². The van der Waals surface area contributed by atoms with Gasteiger partial charge in [0.25, 0.3) is 0 Å². The van der Waals surface area contributed by atoms with E-state index in [-0.39, 0.29) is 11.8 Å². The molecule has 34 heavy (non-hydrogen) atoms. The number of carbonyl (C=O) groups is 1. The second-order valence-corrected chi connectivity index (χ2v) is 9.34. The Bertz CT molecular complexity index is 974. The van der Waals surface area contributed by atoms with Crippen LogP contribution in [-0.2, 0) is 16.2 Å². The summed E-state index contributed by atoms with van der Waals surface area (Å²) in [6.45, 7) is 7.95. The Morgan fingerprint density at radius 1 is 1.12 bits per heavy atom. The standard InChI is InChI=1S/C26H36N6O2/c1-3-34-30-25(23-6-4-5-11-28-23)21-8-13-31(14-9-21)26(33)22-10-15-32(19(2)16-22)18-20-7-12-29-24(27)17-20/h4-7,11-12,17,19,21-22H,3,8-10,13-16,18H2,1-2H3,(H2,27,29). The van der Waals surface area contributed by atoms with Crippen molar-refractivity contribution >= 4 is 17.4 Å². The highest BCUT2D eigenvalue weighted by Gasteiger charge is 2.35. The van der Waals surface area contributed by atoms with Crippen LogP contribution in [0.15, 0.2) is 47.9 Å². The molecule has 0 aromatic carbocycles. The van der Waals surface area contributed by atoms with Crippen LogP contribution in [0.2, 0.25) is 0 Å². The number of likely N-dealkylation sites (tertiary alicyclic amines) is 2. The van der Waals surface area contributed by atoms with Gasteiger partial charge >= 0.3 is 0 Å². The molecule has 2 fully saturated rings. The van der Waals surface area contributed by atoms with Crippen LogP contribution < -0.4 is 5.73 Å². The molecule has 2 N–H and O–H groups in total. The van der Waals surface area contributed by atoms with Gasteiger partial charge < -0.3 is 15.5 Å². The Kier molecular flexibility index (Phi) is 8.11. The van der Waals surface area contributed by atoms with Crippen LogP contribution in [-0.4, -0.2) is 63.7 Å². The molecule has 2 aliphatic heterocycles. The van der Waals surface area contributed by atoms with Gasteiger partial charge in [0.1, 0.15) is 18.1 Å². The number of carbonyl (C=O) groups excluding carboxylic acids is 1. The maximum Gasteiger partial charge on any atom is 0.225 e. The van der Waals surface area contributed by atoms with Crippen molar-refractivity contribution in [2.45, 2.75) is 52.1 Å². The number of rotatable bonds is 7. The van der Waals surface area contributed by atoms with Gasteiger partial charge in [0.05, 0.1) is 5.69 Å². The second-order valence-electron chi connectivity index (χ2n) is 9.34. The minimum atomic E-state index is 0.0951. The monoisotopic (exact) mass is 464 g/mol. The van der Waals surface area contributed by atoms with E-state index in [1.165, 1.54) is 5.56 Å². The number of piperidine rings is 2. The fourth-order valence-corrected chi connectivity index (χ4v) is 5.12. The van der Waals surface area contributed by atoms with Gasteiger partial charge in [0.15, 0.2) is 0 Å². The van der Waals surface area contributed by atoms with E-state index in [1.807, 2.05) is 37.3 Å². The zero-order chi connectivity index (χ0) is 23.9. The van der Waals surface area contributed by atoms with Crippen molar-refractivity contribution in [2.75, 3.05) is 32.0 Å². The summed E-state index contributed by atoms with van der Waals surface area (Å²) in [5, 5.41) is 4.39. The van der Waals surface area contributed by atoms with Crippen LogP contribution in [0.5, 0.6) is 0 Å². The third-order valence-electron chi connectivity index (χ3n) is 7.01. The Morgan fingerprint density at radius 3 is 2.59 bits per heavy atom. The molecule has 0 radical (unpaired) electrons. The Hall–Kier alpha value is -3.00. The smallest absolute Gasteiger partial charge is 0.225 e. The van der Waals surface area contributed by atoms with Crippen molar-refractivity contribution in [3.8, 4) is 0 Å². The van der Waals surface area contributed by atoms with E-state index in [2.05, 4.69) is 31.8 Å². The minimum Gasteiger partial charge on any atom is -0.396 e. The quantitative estimate of drug-likeness (QED) is 0.499. The highest BCUT2D eigenvalue weighted by Crippen LogP contribution is 2.29. The molecule has 0 aliphatic carbocycles. The number of hydrogen-bond donors (Lipinski definition) is 1. The maximum atomic E-state index is 13.3. The van der Waals surface area contributed by atoms with E-state index in [4.69, 9.17) is 10.6 Å². The van der Waals surface area contributed by atoms with Gasteiger partial charge in [-0.3, -0.25) is 14.7 Å². The van der Waals surface area contributed by atoms with Crippen molar-refractivity contribution in [3.63, 3.8) is 0 Å². The molecular formula is C26H36N6O2. The normalized spacial score (nSPS) is 22.5. The number of nitrogen functional groups attached to an aromatic ring is 1. The molecule has 1 amide bonds. The number of hydrogen-bond acceptors (Lipinski definition) is 7. The average molecular weight is 465 g/mol. The van der Waals surface area contributed by atoms with E-state index in [0.717, 1.165) is 63.3 Å². The van der Waals surface area contributed by atoms with E-state index < -0.39 is 0 Å². The topological polar surface area (TPSA) is 96.9 Å². The van der Waals surface area contributed by atoms with Crippen molar-refractivity contribution in [2.24, 2.45) is 17.0 Å². The van der Waals surface area contributed by atoms with Gasteiger partial charge in [-0.15, -0.1) is 0 Å². The summed E-state index contributed by atoms with van der Waals surface area (Å²) >= 11 is 0. The van der Waals surface area contributed by atoms with Crippen LogP contribution in [0.3, 0.4) is 0 Å². The van der Waals surface area contributed by atoms with Crippen molar-refractivity contribution in [3.05, 3.63) is 54.0 Å². The SMILES string of the molecule is CCON=C(c1ccccn1)C1CCN(C(=O)C2CCN(Cc3ccnc(N)c3)C(C)C2)CC1. The third-order valence-corrected chi connectivity index (χ3v) is 7.01. The summed E-state index contributed by atoms with van der Waals surface area (Å²) in [5.41, 5.74) is 8.76.